The molecule has 80 valence electrons. The lowest BCUT2D eigenvalue weighted by atomic mass is 9.98. The molecule has 1 aromatic rings. The molecule has 0 saturated carbocycles. The van der Waals surface area contributed by atoms with Gasteiger partial charge in [-0.15, -0.1) is 6.58 Å². The van der Waals surface area contributed by atoms with Crippen molar-refractivity contribution in [1.29, 1.82) is 0 Å². The van der Waals surface area contributed by atoms with Gasteiger partial charge in [-0.1, -0.05) is 6.08 Å². The number of piperidine rings is 1. The lowest BCUT2D eigenvalue weighted by Gasteiger charge is -2.32. The highest BCUT2D eigenvalue weighted by atomic mass is 15.2. The van der Waals surface area contributed by atoms with Gasteiger partial charge in [0, 0.05) is 19.3 Å². The van der Waals surface area contributed by atoms with Gasteiger partial charge in [0.2, 0.25) is 0 Å². The molecule has 1 atom stereocenters. The Morgan fingerprint density at radius 3 is 3.20 bits per heavy atom. The number of rotatable bonds is 2. The van der Waals surface area contributed by atoms with Crippen molar-refractivity contribution in [2.75, 3.05) is 18.0 Å². The van der Waals surface area contributed by atoms with Gasteiger partial charge < -0.3 is 4.90 Å². The topological polar surface area (TPSA) is 16.1 Å². The van der Waals surface area contributed by atoms with E-state index >= 15 is 0 Å². The number of aromatic nitrogens is 1. The quantitative estimate of drug-likeness (QED) is 0.685. The van der Waals surface area contributed by atoms with Gasteiger partial charge in [0.15, 0.2) is 0 Å². The predicted molar refractivity (Wildman–Crippen MR) is 64.1 cm³/mol. The van der Waals surface area contributed by atoms with Gasteiger partial charge in [0.05, 0.1) is 0 Å². The Bertz CT molecular complexity index is 346. The van der Waals surface area contributed by atoms with Crippen LogP contribution in [0.4, 0.5) is 5.82 Å². The highest BCUT2D eigenvalue weighted by molar-refractivity contribution is 5.41. The maximum absolute atomic E-state index is 4.42. The molecule has 0 amide bonds. The van der Waals surface area contributed by atoms with Crippen molar-refractivity contribution in [3.63, 3.8) is 0 Å². The van der Waals surface area contributed by atoms with Crippen LogP contribution in [0.3, 0.4) is 0 Å². The number of hydrogen-bond donors (Lipinski definition) is 0. The fraction of sp³-hybridized carbons (Fsp3) is 0.462. The van der Waals surface area contributed by atoms with Crippen molar-refractivity contribution in [2.45, 2.75) is 19.8 Å². The number of hydrogen-bond acceptors (Lipinski definition) is 2. The van der Waals surface area contributed by atoms with E-state index in [2.05, 4.69) is 35.5 Å². The van der Waals surface area contributed by atoms with Gasteiger partial charge in [-0.3, -0.25) is 0 Å². The summed E-state index contributed by atoms with van der Waals surface area (Å²) in [5.74, 6) is 1.74. The molecule has 1 unspecified atom stereocenters. The van der Waals surface area contributed by atoms with E-state index in [4.69, 9.17) is 0 Å². The Balaban J connectivity index is 2.13. The van der Waals surface area contributed by atoms with Gasteiger partial charge in [-0.25, -0.2) is 4.98 Å². The van der Waals surface area contributed by atoms with Crippen LogP contribution >= 0.6 is 0 Å². The van der Waals surface area contributed by atoms with Crippen LogP contribution in [-0.2, 0) is 0 Å². The standard InChI is InChI=1S/C13H18N2/c1-3-12-5-4-8-15(10-12)13-9-11(2)6-7-14-13/h3,6-7,9,12H,1,4-5,8,10H2,2H3. The predicted octanol–water partition coefficient (Wildman–Crippen LogP) is 2.79. The second-order valence-electron chi connectivity index (χ2n) is 4.28. The van der Waals surface area contributed by atoms with E-state index in [-0.39, 0.29) is 0 Å². The summed E-state index contributed by atoms with van der Waals surface area (Å²) in [6.07, 6.45) is 6.47. The molecule has 2 rings (SSSR count). The van der Waals surface area contributed by atoms with Gasteiger partial charge in [0.25, 0.3) is 0 Å². The summed E-state index contributed by atoms with van der Waals surface area (Å²) in [6, 6.07) is 4.20. The smallest absolute Gasteiger partial charge is 0.128 e. The van der Waals surface area contributed by atoms with E-state index in [0.717, 1.165) is 18.9 Å². The molecule has 0 aromatic carbocycles. The molecule has 1 aliphatic rings. The van der Waals surface area contributed by atoms with Crippen molar-refractivity contribution < 1.29 is 0 Å². The molecule has 2 nitrogen and oxygen atoms in total. The van der Waals surface area contributed by atoms with Crippen LogP contribution in [0.2, 0.25) is 0 Å². The van der Waals surface area contributed by atoms with E-state index in [1.807, 2.05) is 12.3 Å². The first-order chi connectivity index (χ1) is 7.29. The van der Waals surface area contributed by atoms with Gasteiger partial charge in [-0.2, -0.15) is 0 Å². The van der Waals surface area contributed by atoms with Crippen LogP contribution in [-0.4, -0.2) is 18.1 Å². The molecule has 15 heavy (non-hydrogen) atoms. The largest absolute Gasteiger partial charge is 0.356 e. The normalized spacial score (nSPS) is 21.4. The summed E-state index contributed by atoms with van der Waals surface area (Å²) in [6.45, 7) is 8.19. The number of anilines is 1. The van der Waals surface area contributed by atoms with Crippen molar-refractivity contribution >= 4 is 5.82 Å². The first kappa shape index (κ1) is 10.2. The van der Waals surface area contributed by atoms with Crippen molar-refractivity contribution in [1.82, 2.24) is 4.98 Å². The zero-order chi connectivity index (χ0) is 10.7. The Labute approximate surface area is 91.6 Å². The average molecular weight is 202 g/mol. The molecule has 2 heterocycles. The second kappa shape index (κ2) is 4.47. The lowest BCUT2D eigenvalue weighted by molar-refractivity contribution is 0.483. The third-order valence-electron chi connectivity index (χ3n) is 3.02. The lowest BCUT2D eigenvalue weighted by Crippen LogP contribution is -2.35. The molecule has 1 saturated heterocycles. The van der Waals surface area contributed by atoms with Crippen molar-refractivity contribution in [3.05, 3.63) is 36.5 Å². The molecule has 0 N–H and O–H groups in total. The molecule has 0 bridgehead atoms. The first-order valence-electron chi connectivity index (χ1n) is 5.60. The molecule has 0 spiro atoms. The summed E-state index contributed by atoms with van der Waals surface area (Å²) in [7, 11) is 0. The maximum Gasteiger partial charge on any atom is 0.128 e. The van der Waals surface area contributed by atoms with Crippen molar-refractivity contribution in [2.24, 2.45) is 5.92 Å². The molecule has 1 aromatic heterocycles. The summed E-state index contributed by atoms with van der Waals surface area (Å²) >= 11 is 0. The maximum atomic E-state index is 4.42. The van der Waals surface area contributed by atoms with E-state index in [0.29, 0.717) is 5.92 Å². The fourth-order valence-corrected chi connectivity index (χ4v) is 2.10. The summed E-state index contributed by atoms with van der Waals surface area (Å²) in [5, 5.41) is 0. The number of pyridine rings is 1. The van der Waals surface area contributed by atoms with Gasteiger partial charge in [-0.05, 0) is 43.4 Å². The third-order valence-corrected chi connectivity index (χ3v) is 3.02. The van der Waals surface area contributed by atoms with Gasteiger partial charge in [0.1, 0.15) is 5.82 Å². The first-order valence-corrected chi connectivity index (χ1v) is 5.60. The Morgan fingerprint density at radius 2 is 2.47 bits per heavy atom. The van der Waals surface area contributed by atoms with Crippen LogP contribution in [0, 0.1) is 12.8 Å². The van der Waals surface area contributed by atoms with E-state index in [1.54, 1.807) is 0 Å². The zero-order valence-corrected chi connectivity index (χ0v) is 9.32. The molecular formula is C13H18N2. The number of nitrogens with zero attached hydrogens (tertiary/aromatic N) is 2. The highest BCUT2D eigenvalue weighted by Crippen LogP contribution is 2.22. The molecule has 0 aliphatic carbocycles. The molecule has 2 heteroatoms. The second-order valence-corrected chi connectivity index (χ2v) is 4.28. The summed E-state index contributed by atoms with van der Waals surface area (Å²) < 4.78 is 0. The van der Waals surface area contributed by atoms with Crippen LogP contribution in [0.15, 0.2) is 31.0 Å². The number of aryl methyl sites for hydroxylation is 1. The minimum atomic E-state index is 0.626. The van der Waals surface area contributed by atoms with Crippen LogP contribution in [0.25, 0.3) is 0 Å². The van der Waals surface area contributed by atoms with E-state index in [9.17, 15) is 0 Å². The van der Waals surface area contributed by atoms with E-state index in [1.165, 1.54) is 18.4 Å². The monoisotopic (exact) mass is 202 g/mol. The Hall–Kier alpha value is -1.31. The Kier molecular flexibility index (Phi) is 3.05. The molecule has 1 aliphatic heterocycles. The van der Waals surface area contributed by atoms with Gasteiger partial charge >= 0.3 is 0 Å². The van der Waals surface area contributed by atoms with E-state index < -0.39 is 0 Å². The average Bonchev–Trinajstić information content (AvgIpc) is 2.29. The highest BCUT2D eigenvalue weighted by Gasteiger charge is 2.18. The molecular weight excluding hydrogens is 184 g/mol. The minimum absolute atomic E-state index is 0.626. The summed E-state index contributed by atoms with van der Waals surface area (Å²) in [5.41, 5.74) is 1.28. The minimum Gasteiger partial charge on any atom is -0.356 e. The Morgan fingerprint density at radius 1 is 1.60 bits per heavy atom. The van der Waals surface area contributed by atoms with Crippen LogP contribution < -0.4 is 4.90 Å². The molecule has 0 radical (unpaired) electrons. The molecule has 1 fully saturated rings. The van der Waals surface area contributed by atoms with Crippen LogP contribution in [0.5, 0.6) is 0 Å². The zero-order valence-electron chi connectivity index (χ0n) is 9.32. The van der Waals surface area contributed by atoms with Crippen molar-refractivity contribution in [3.8, 4) is 0 Å². The fourth-order valence-electron chi connectivity index (χ4n) is 2.10. The summed E-state index contributed by atoms with van der Waals surface area (Å²) in [4.78, 5) is 6.79. The third kappa shape index (κ3) is 2.38. The SMILES string of the molecule is C=CC1CCCN(c2cc(C)ccn2)C1. The van der Waals surface area contributed by atoms with Crippen LogP contribution in [0.1, 0.15) is 18.4 Å².